The standard InChI is InChI=1S/C27H38O7/c1-7-8-9-10-13-33-25-17-19(16-24(30-4)27(25)32-6)21-12-11-20(34-21)18-14-22(28-2)26(31-5)23(15-18)29-3/h14-17,20-21H,7-13H2,1-6H3/t20-,21-/m0/s1. The van der Waals surface area contributed by atoms with Gasteiger partial charge in [0.15, 0.2) is 23.0 Å². The number of rotatable bonds is 13. The largest absolute Gasteiger partial charge is 0.493 e. The van der Waals surface area contributed by atoms with Crippen molar-refractivity contribution >= 4 is 0 Å². The van der Waals surface area contributed by atoms with Gasteiger partial charge in [-0.2, -0.15) is 0 Å². The van der Waals surface area contributed by atoms with Crippen LogP contribution in [0, 0.1) is 0 Å². The molecule has 1 saturated heterocycles. The van der Waals surface area contributed by atoms with Gasteiger partial charge in [0.25, 0.3) is 0 Å². The van der Waals surface area contributed by atoms with E-state index in [1.54, 1.807) is 35.5 Å². The van der Waals surface area contributed by atoms with Crippen LogP contribution in [0.1, 0.15) is 68.8 Å². The molecule has 1 heterocycles. The van der Waals surface area contributed by atoms with Crippen LogP contribution in [0.4, 0.5) is 0 Å². The van der Waals surface area contributed by atoms with Gasteiger partial charge in [0.1, 0.15) is 0 Å². The Hall–Kier alpha value is -2.80. The third-order valence-electron chi connectivity index (χ3n) is 6.17. The van der Waals surface area contributed by atoms with Crippen molar-refractivity contribution in [2.45, 2.75) is 57.7 Å². The van der Waals surface area contributed by atoms with Crippen LogP contribution < -0.4 is 28.4 Å². The van der Waals surface area contributed by atoms with Gasteiger partial charge in [0.05, 0.1) is 54.4 Å². The average molecular weight is 475 g/mol. The zero-order valence-electron chi connectivity index (χ0n) is 21.3. The monoisotopic (exact) mass is 474 g/mol. The molecule has 1 aliphatic heterocycles. The van der Waals surface area contributed by atoms with Crippen molar-refractivity contribution in [3.05, 3.63) is 35.4 Å². The van der Waals surface area contributed by atoms with Crippen LogP contribution in [-0.2, 0) is 4.74 Å². The van der Waals surface area contributed by atoms with E-state index in [0.29, 0.717) is 41.1 Å². The SMILES string of the molecule is CCCCCCOc1cc([C@@H]2CC[C@@H](c3cc(OC)c(OC)c(OC)c3)O2)cc(OC)c1OC. The first-order valence-corrected chi connectivity index (χ1v) is 11.9. The Bertz CT molecular complexity index is 902. The highest BCUT2D eigenvalue weighted by molar-refractivity contribution is 5.55. The Kier molecular flexibility index (Phi) is 9.57. The molecule has 7 heteroatoms. The molecule has 7 nitrogen and oxygen atoms in total. The lowest BCUT2D eigenvalue weighted by Crippen LogP contribution is -2.05. The lowest BCUT2D eigenvalue weighted by molar-refractivity contribution is 0.0435. The van der Waals surface area contributed by atoms with E-state index in [-0.39, 0.29) is 12.2 Å². The van der Waals surface area contributed by atoms with Gasteiger partial charge >= 0.3 is 0 Å². The fraction of sp³-hybridized carbons (Fsp3) is 0.556. The van der Waals surface area contributed by atoms with Crippen LogP contribution in [0.25, 0.3) is 0 Å². The number of methoxy groups -OCH3 is 5. The maximum Gasteiger partial charge on any atom is 0.203 e. The molecule has 0 bridgehead atoms. The van der Waals surface area contributed by atoms with Crippen LogP contribution >= 0.6 is 0 Å². The molecule has 0 aliphatic carbocycles. The number of unbranched alkanes of at least 4 members (excludes halogenated alkanes) is 3. The van der Waals surface area contributed by atoms with Gasteiger partial charge in [-0.25, -0.2) is 0 Å². The summed E-state index contributed by atoms with van der Waals surface area (Å²) in [6.07, 6.45) is 6.11. The third kappa shape index (κ3) is 5.81. The molecule has 0 amide bonds. The zero-order chi connectivity index (χ0) is 24.5. The van der Waals surface area contributed by atoms with Crippen molar-refractivity contribution in [3.8, 4) is 34.5 Å². The van der Waals surface area contributed by atoms with Crippen LogP contribution in [0.2, 0.25) is 0 Å². The molecule has 3 rings (SSSR count). The Morgan fingerprint density at radius 2 is 1.12 bits per heavy atom. The predicted molar refractivity (Wildman–Crippen MR) is 131 cm³/mol. The second-order valence-electron chi connectivity index (χ2n) is 8.31. The summed E-state index contributed by atoms with van der Waals surface area (Å²) >= 11 is 0. The zero-order valence-corrected chi connectivity index (χ0v) is 21.3. The van der Waals surface area contributed by atoms with Crippen LogP contribution in [-0.4, -0.2) is 42.2 Å². The number of hydrogen-bond acceptors (Lipinski definition) is 7. The molecule has 2 atom stereocenters. The molecular formula is C27H38O7. The Morgan fingerprint density at radius 3 is 1.56 bits per heavy atom. The Labute approximate surface area is 203 Å². The van der Waals surface area contributed by atoms with Gasteiger partial charge in [-0.3, -0.25) is 0 Å². The summed E-state index contributed by atoms with van der Waals surface area (Å²) in [7, 11) is 8.11. The first-order valence-electron chi connectivity index (χ1n) is 11.9. The summed E-state index contributed by atoms with van der Waals surface area (Å²) in [6.45, 7) is 2.84. The van der Waals surface area contributed by atoms with E-state index >= 15 is 0 Å². The van der Waals surface area contributed by atoms with Gasteiger partial charge in [-0.1, -0.05) is 26.2 Å². The van der Waals surface area contributed by atoms with Gasteiger partial charge in [0.2, 0.25) is 11.5 Å². The molecule has 0 saturated carbocycles. The van der Waals surface area contributed by atoms with Crippen LogP contribution in [0.15, 0.2) is 24.3 Å². The van der Waals surface area contributed by atoms with Crippen LogP contribution in [0.5, 0.6) is 34.5 Å². The van der Waals surface area contributed by atoms with E-state index in [0.717, 1.165) is 36.8 Å². The first kappa shape index (κ1) is 25.8. The van der Waals surface area contributed by atoms with Crippen molar-refractivity contribution in [2.75, 3.05) is 42.2 Å². The normalized spacial score (nSPS) is 17.4. The molecule has 2 aromatic rings. The van der Waals surface area contributed by atoms with E-state index in [1.807, 2.05) is 24.3 Å². The van der Waals surface area contributed by atoms with Gasteiger partial charge < -0.3 is 33.2 Å². The van der Waals surface area contributed by atoms with Crippen molar-refractivity contribution in [1.29, 1.82) is 0 Å². The van der Waals surface area contributed by atoms with E-state index in [9.17, 15) is 0 Å². The predicted octanol–water partition coefficient (Wildman–Crippen LogP) is 6.28. The highest BCUT2D eigenvalue weighted by Gasteiger charge is 2.31. The van der Waals surface area contributed by atoms with Crippen molar-refractivity contribution in [1.82, 2.24) is 0 Å². The number of hydrogen-bond donors (Lipinski definition) is 0. The van der Waals surface area contributed by atoms with Crippen molar-refractivity contribution in [3.63, 3.8) is 0 Å². The molecule has 188 valence electrons. The summed E-state index contributed by atoms with van der Waals surface area (Å²) in [6, 6.07) is 7.90. The summed E-state index contributed by atoms with van der Waals surface area (Å²) in [5, 5.41) is 0. The van der Waals surface area contributed by atoms with Crippen molar-refractivity contribution < 1.29 is 33.2 Å². The highest BCUT2D eigenvalue weighted by Crippen LogP contribution is 2.48. The highest BCUT2D eigenvalue weighted by atomic mass is 16.5. The molecule has 0 N–H and O–H groups in total. The maximum atomic E-state index is 6.49. The average Bonchev–Trinajstić information content (AvgIpc) is 3.37. The number of ether oxygens (including phenoxy) is 7. The summed E-state index contributed by atoms with van der Waals surface area (Å²) in [4.78, 5) is 0. The topological polar surface area (TPSA) is 64.6 Å². The first-order chi connectivity index (χ1) is 16.6. The molecule has 1 aliphatic rings. The van der Waals surface area contributed by atoms with Crippen LogP contribution in [0.3, 0.4) is 0 Å². The van der Waals surface area contributed by atoms with E-state index < -0.39 is 0 Å². The van der Waals surface area contributed by atoms with Gasteiger partial charge in [-0.05, 0) is 54.7 Å². The Balaban J connectivity index is 1.81. The summed E-state index contributed by atoms with van der Waals surface area (Å²) in [5.41, 5.74) is 2.00. The molecule has 0 unspecified atom stereocenters. The lowest BCUT2D eigenvalue weighted by Gasteiger charge is -2.20. The summed E-state index contributed by atoms with van der Waals surface area (Å²) in [5.74, 6) is 3.75. The fourth-order valence-corrected chi connectivity index (χ4v) is 4.37. The maximum absolute atomic E-state index is 6.49. The van der Waals surface area contributed by atoms with Gasteiger partial charge in [-0.15, -0.1) is 0 Å². The molecule has 0 spiro atoms. The fourth-order valence-electron chi connectivity index (χ4n) is 4.37. The summed E-state index contributed by atoms with van der Waals surface area (Å²) < 4.78 is 40.3. The molecule has 0 aromatic heterocycles. The molecule has 34 heavy (non-hydrogen) atoms. The van der Waals surface area contributed by atoms with E-state index in [1.165, 1.54) is 12.8 Å². The van der Waals surface area contributed by atoms with E-state index in [2.05, 4.69) is 6.92 Å². The second kappa shape index (κ2) is 12.6. The minimum atomic E-state index is -0.0924. The minimum absolute atomic E-state index is 0.0914. The molecule has 2 aromatic carbocycles. The quantitative estimate of drug-likeness (QED) is 0.317. The van der Waals surface area contributed by atoms with Gasteiger partial charge in [0, 0.05) is 0 Å². The lowest BCUT2D eigenvalue weighted by atomic mass is 10.0. The molecular weight excluding hydrogens is 436 g/mol. The Morgan fingerprint density at radius 1 is 0.647 bits per heavy atom. The van der Waals surface area contributed by atoms with Crippen molar-refractivity contribution in [2.24, 2.45) is 0 Å². The van der Waals surface area contributed by atoms with E-state index in [4.69, 9.17) is 33.2 Å². The molecule has 0 radical (unpaired) electrons. The molecule has 1 fully saturated rings. The smallest absolute Gasteiger partial charge is 0.203 e. The number of benzene rings is 2. The second-order valence-corrected chi connectivity index (χ2v) is 8.31. The third-order valence-corrected chi connectivity index (χ3v) is 6.17. The minimum Gasteiger partial charge on any atom is -0.493 e.